The Morgan fingerprint density at radius 2 is 1.76 bits per heavy atom. The molecule has 2 aromatic rings. The summed E-state index contributed by atoms with van der Waals surface area (Å²) < 4.78 is 38.3. The fourth-order valence-corrected chi connectivity index (χ4v) is 4.10. The molecule has 0 saturated heterocycles. The molecule has 9 heteroatoms. The molecule has 0 radical (unpaired) electrons. The van der Waals surface area contributed by atoms with Crippen LogP contribution in [-0.4, -0.2) is 29.5 Å². The molecule has 0 fully saturated rings. The van der Waals surface area contributed by atoms with Crippen molar-refractivity contribution >= 4 is 33.3 Å². The summed E-state index contributed by atoms with van der Waals surface area (Å²) in [5.41, 5.74) is 1.21. The third kappa shape index (κ3) is 7.41. The fraction of sp³-hybridized carbons (Fsp3) is 0.500. The normalized spacial score (nSPS) is 13.8. The lowest BCUT2D eigenvalue weighted by Crippen LogP contribution is -2.29. The van der Waals surface area contributed by atoms with Gasteiger partial charge in [0.1, 0.15) is 16.5 Å². The molecule has 0 saturated carbocycles. The van der Waals surface area contributed by atoms with Gasteiger partial charge in [0.25, 0.3) is 0 Å². The van der Waals surface area contributed by atoms with Crippen LogP contribution in [-0.2, 0) is 31.7 Å². The van der Waals surface area contributed by atoms with E-state index in [1.165, 1.54) is 23.5 Å². The zero-order valence-corrected chi connectivity index (χ0v) is 19.1. The summed E-state index contributed by atoms with van der Waals surface area (Å²) in [4.78, 5) is 17.6. The molecular formula is C20H28N2O5S2. The second kappa shape index (κ2) is 8.41. The third-order valence-corrected chi connectivity index (χ3v) is 5.37. The second-order valence-corrected chi connectivity index (χ2v) is 10.9. The topological polar surface area (TPSA) is 106 Å². The van der Waals surface area contributed by atoms with E-state index in [1.54, 1.807) is 12.1 Å². The minimum absolute atomic E-state index is 0.129. The van der Waals surface area contributed by atoms with Crippen LogP contribution in [0.4, 0.5) is 5.69 Å². The van der Waals surface area contributed by atoms with Gasteiger partial charge in [-0.3, -0.25) is 14.1 Å². The number of hydrogen-bond donors (Lipinski definition) is 2. The van der Waals surface area contributed by atoms with Crippen LogP contribution < -0.4 is 4.72 Å². The van der Waals surface area contributed by atoms with Gasteiger partial charge in [-0.25, -0.2) is 4.98 Å². The maximum Gasteiger partial charge on any atom is 0.357 e. The number of carbonyl (C=O) groups is 1. The lowest BCUT2D eigenvalue weighted by atomic mass is 9.93. The van der Waals surface area contributed by atoms with E-state index < -0.39 is 21.8 Å². The first-order valence-electron chi connectivity index (χ1n) is 9.17. The molecule has 7 nitrogen and oxygen atoms in total. The van der Waals surface area contributed by atoms with Gasteiger partial charge < -0.3 is 4.74 Å². The minimum Gasteiger partial charge on any atom is -0.459 e. The Bertz CT molecular complexity index is 952. The summed E-state index contributed by atoms with van der Waals surface area (Å²) in [6.45, 7) is 11.7. The maximum absolute atomic E-state index is 12.9. The molecule has 1 aromatic carbocycles. The van der Waals surface area contributed by atoms with Crippen molar-refractivity contribution < 1.29 is 22.5 Å². The van der Waals surface area contributed by atoms with Crippen molar-refractivity contribution in [3.8, 4) is 0 Å². The molecule has 1 heterocycles. The molecule has 1 aromatic heterocycles. The summed E-state index contributed by atoms with van der Waals surface area (Å²) in [6.07, 6.45) is 0.359. The molecule has 0 aliphatic heterocycles. The molecule has 1 atom stereocenters. The lowest BCUT2D eigenvalue weighted by molar-refractivity contribution is -0.156. The highest BCUT2D eigenvalue weighted by atomic mass is 32.2. The van der Waals surface area contributed by atoms with E-state index in [0.29, 0.717) is 11.4 Å². The largest absolute Gasteiger partial charge is 0.459 e. The van der Waals surface area contributed by atoms with Gasteiger partial charge in [0, 0.05) is 10.8 Å². The highest BCUT2D eigenvalue weighted by molar-refractivity contribution is 7.87. The summed E-state index contributed by atoms with van der Waals surface area (Å²) in [6, 6.07) is 6.45. The molecule has 160 valence electrons. The molecule has 2 N–H and O–H groups in total. The van der Waals surface area contributed by atoms with Gasteiger partial charge in [-0.15, -0.1) is 11.3 Å². The van der Waals surface area contributed by atoms with E-state index in [2.05, 4.69) is 25.8 Å². The van der Waals surface area contributed by atoms with E-state index in [9.17, 15) is 13.2 Å². The average Bonchev–Trinajstić information content (AvgIpc) is 3.00. The summed E-state index contributed by atoms with van der Waals surface area (Å²) >= 11 is 1.43. The van der Waals surface area contributed by atoms with Crippen molar-refractivity contribution in [3.63, 3.8) is 0 Å². The Hall–Kier alpha value is -1.97. The van der Waals surface area contributed by atoms with Crippen LogP contribution >= 0.6 is 11.3 Å². The van der Waals surface area contributed by atoms with Crippen LogP contribution in [0, 0.1) is 0 Å². The number of nitrogens with zero attached hydrogens (tertiary/aromatic N) is 1. The third-order valence-electron chi connectivity index (χ3n) is 3.92. The molecule has 0 spiro atoms. The first-order valence-corrected chi connectivity index (χ1v) is 11.5. The highest BCUT2D eigenvalue weighted by Gasteiger charge is 2.30. The fourth-order valence-electron chi connectivity index (χ4n) is 2.53. The van der Waals surface area contributed by atoms with Crippen LogP contribution in [0.1, 0.15) is 63.7 Å². The Morgan fingerprint density at radius 1 is 1.17 bits per heavy atom. The van der Waals surface area contributed by atoms with Gasteiger partial charge in [-0.1, -0.05) is 32.9 Å². The van der Waals surface area contributed by atoms with E-state index in [-0.39, 0.29) is 17.1 Å². The number of rotatable bonds is 6. The zero-order valence-electron chi connectivity index (χ0n) is 17.5. The lowest BCUT2D eigenvalue weighted by Gasteiger charge is -2.23. The Morgan fingerprint density at radius 3 is 2.21 bits per heavy atom. The maximum atomic E-state index is 12.9. The Labute approximate surface area is 176 Å². The van der Waals surface area contributed by atoms with Gasteiger partial charge in [-0.2, -0.15) is 8.42 Å². The molecule has 0 aliphatic rings. The predicted octanol–water partition coefficient (Wildman–Crippen LogP) is 4.32. The van der Waals surface area contributed by atoms with Crippen molar-refractivity contribution in [1.82, 2.24) is 4.98 Å². The minimum atomic E-state index is -4.33. The number of esters is 1. The number of hydrogen-bond acceptors (Lipinski definition) is 6. The molecule has 1 unspecified atom stereocenters. The smallest absolute Gasteiger partial charge is 0.357 e. The van der Waals surface area contributed by atoms with Crippen molar-refractivity contribution in [3.05, 3.63) is 45.9 Å². The van der Waals surface area contributed by atoms with Crippen LogP contribution in [0.5, 0.6) is 0 Å². The van der Waals surface area contributed by atoms with Gasteiger partial charge in [-0.05, 0) is 44.9 Å². The molecule has 0 amide bonds. The first kappa shape index (κ1) is 23.3. The molecule has 0 aliphatic carbocycles. The number of nitrogens with one attached hydrogen (secondary N) is 1. The molecular weight excluding hydrogens is 412 g/mol. The van der Waals surface area contributed by atoms with Crippen LogP contribution in [0.25, 0.3) is 0 Å². The van der Waals surface area contributed by atoms with Gasteiger partial charge in [0.15, 0.2) is 0 Å². The highest BCUT2D eigenvalue weighted by Crippen LogP contribution is 2.31. The van der Waals surface area contributed by atoms with Crippen molar-refractivity contribution in [2.75, 3.05) is 4.72 Å². The summed E-state index contributed by atoms with van der Waals surface area (Å²) in [5.74, 6) is -0.928. The second-order valence-electron chi connectivity index (χ2n) is 8.89. The molecule has 2 rings (SSSR count). The number of benzene rings is 1. The number of ether oxygens (including phenoxy) is 1. The van der Waals surface area contributed by atoms with Gasteiger partial charge in [0.2, 0.25) is 0 Å². The van der Waals surface area contributed by atoms with E-state index >= 15 is 0 Å². The van der Waals surface area contributed by atoms with Crippen molar-refractivity contribution in [2.45, 2.75) is 64.9 Å². The van der Waals surface area contributed by atoms with Gasteiger partial charge >= 0.3 is 16.3 Å². The van der Waals surface area contributed by atoms with Gasteiger partial charge in [0.05, 0.1) is 11.4 Å². The van der Waals surface area contributed by atoms with E-state index in [0.717, 1.165) is 11.3 Å². The van der Waals surface area contributed by atoms with Crippen LogP contribution in [0.2, 0.25) is 0 Å². The monoisotopic (exact) mass is 440 g/mol. The Kier molecular flexibility index (Phi) is 6.76. The number of thiazole rings is 1. The van der Waals surface area contributed by atoms with Crippen molar-refractivity contribution in [1.29, 1.82) is 0 Å². The summed E-state index contributed by atoms with van der Waals surface area (Å²) in [7, 11) is -4.33. The van der Waals surface area contributed by atoms with Crippen molar-refractivity contribution in [2.24, 2.45) is 0 Å². The molecule has 0 bridgehead atoms. The SMILES string of the molecule is CC(C)(C)OC(=O)C(Cc1ccc(NS(=O)(=O)O)cc1)c1nc(C(C)(C)C)cs1. The van der Waals surface area contributed by atoms with Crippen LogP contribution in [0.15, 0.2) is 29.6 Å². The average molecular weight is 441 g/mol. The standard InChI is InChI=1S/C20H28N2O5S2/c1-19(2,3)16-12-28-17(21-16)15(18(23)27-20(4,5)6)11-13-7-9-14(10-8-13)22-29(24,25)26/h7-10,12,15,22H,11H2,1-6H3,(H,24,25,26). The number of carbonyl (C=O) groups excluding carboxylic acids is 1. The summed E-state index contributed by atoms with van der Waals surface area (Å²) in [5, 5.41) is 2.65. The first-order chi connectivity index (χ1) is 13.1. The molecule has 29 heavy (non-hydrogen) atoms. The number of aromatic nitrogens is 1. The predicted molar refractivity (Wildman–Crippen MR) is 115 cm³/mol. The quantitative estimate of drug-likeness (QED) is 0.512. The Balaban J connectivity index is 2.30. The zero-order chi connectivity index (χ0) is 22.0. The van der Waals surface area contributed by atoms with E-state index in [1.807, 2.05) is 30.9 Å². The van der Waals surface area contributed by atoms with E-state index in [4.69, 9.17) is 9.29 Å². The van der Waals surface area contributed by atoms with Crippen LogP contribution in [0.3, 0.4) is 0 Å². The number of anilines is 1.